The van der Waals surface area contributed by atoms with Crippen LogP contribution < -0.4 is 0 Å². The molecule has 0 bridgehead atoms. The summed E-state index contributed by atoms with van der Waals surface area (Å²) >= 11 is 0. The molecule has 0 aliphatic rings. The van der Waals surface area contributed by atoms with Gasteiger partial charge in [0, 0.05) is 6.42 Å². The van der Waals surface area contributed by atoms with Crippen LogP contribution in [0, 0.1) is 17.8 Å². The third-order valence-corrected chi connectivity index (χ3v) is 2.95. The van der Waals surface area contributed by atoms with E-state index in [0.717, 1.165) is 24.5 Å². The Hall–Kier alpha value is -0.590. The first kappa shape index (κ1) is 15.4. The highest BCUT2D eigenvalue weighted by Crippen LogP contribution is 2.16. The van der Waals surface area contributed by atoms with Gasteiger partial charge in [0.2, 0.25) is 0 Å². The predicted octanol–water partition coefficient (Wildman–Crippen LogP) is 4.62. The van der Waals surface area contributed by atoms with Crippen LogP contribution in [0.3, 0.4) is 0 Å². The van der Waals surface area contributed by atoms with Crippen molar-refractivity contribution >= 4 is 6.29 Å². The Morgan fingerprint density at radius 1 is 1.00 bits per heavy atom. The summed E-state index contributed by atoms with van der Waals surface area (Å²) in [6, 6.07) is 0. The lowest BCUT2D eigenvalue weighted by molar-refractivity contribution is -0.108. The summed E-state index contributed by atoms with van der Waals surface area (Å²) in [6.45, 7) is 8.97. The first-order chi connectivity index (χ1) is 7.56. The fourth-order valence-corrected chi connectivity index (χ4v) is 1.77. The van der Waals surface area contributed by atoms with E-state index < -0.39 is 0 Å². The number of allylic oxidation sites excluding steroid dienone is 2. The van der Waals surface area contributed by atoms with Crippen molar-refractivity contribution in [3.8, 4) is 0 Å². The Balaban J connectivity index is 3.55. The van der Waals surface area contributed by atoms with Gasteiger partial charge < -0.3 is 4.79 Å². The highest BCUT2D eigenvalue weighted by Gasteiger charge is 2.01. The molecule has 94 valence electrons. The van der Waals surface area contributed by atoms with Crippen molar-refractivity contribution in [3.63, 3.8) is 0 Å². The topological polar surface area (TPSA) is 17.1 Å². The van der Waals surface area contributed by atoms with E-state index in [1.807, 2.05) is 0 Å². The summed E-state index contributed by atoms with van der Waals surface area (Å²) in [4.78, 5) is 10.3. The van der Waals surface area contributed by atoms with Crippen molar-refractivity contribution in [1.29, 1.82) is 0 Å². The second-order valence-corrected chi connectivity index (χ2v) is 5.47. The summed E-state index contributed by atoms with van der Waals surface area (Å²) in [5, 5.41) is 0. The maximum absolute atomic E-state index is 10.3. The highest BCUT2D eigenvalue weighted by atomic mass is 16.1. The molecule has 0 spiro atoms. The van der Waals surface area contributed by atoms with Gasteiger partial charge >= 0.3 is 0 Å². The second-order valence-electron chi connectivity index (χ2n) is 5.47. The van der Waals surface area contributed by atoms with Crippen LogP contribution in [-0.4, -0.2) is 6.29 Å². The third-order valence-electron chi connectivity index (χ3n) is 2.95. The third kappa shape index (κ3) is 9.95. The van der Waals surface area contributed by atoms with E-state index >= 15 is 0 Å². The molecule has 0 saturated carbocycles. The molecular formula is C15H28O. The van der Waals surface area contributed by atoms with Crippen LogP contribution >= 0.6 is 0 Å². The predicted molar refractivity (Wildman–Crippen MR) is 71.5 cm³/mol. The van der Waals surface area contributed by atoms with Crippen LogP contribution in [0.4, 0.5) is 0 Å². The van der Waals surface area contributed by atoms with Gasteiger partial charge in [-0.05, 0) is 24.2 Å². The van der Waals surface area contributed by atoms with Gasteiger partial charge in [-0.1, -0.05) is 59.1 Å². The van der Waals surface area contributed by atoms with Crippen LogP contribution in [0.5, 0.6) is 0 Å². The number of aldehydes is 1. The first-order valence-electron chi connectivity index (χ1n) is 6.66. The van der Waals surface area contributed by atoms with Gasteiger partial charge in [-0.2, -0.15) is 0 Å². The smallest absolute Gasteiger partial charge is 0.120 e. The average molecular weight is 224 g/mol. The summed E-state index contributed by atoms with van der Waals surface area (Å²) in [5.41, 5.74) is 0. The molecule has 0 heterocycles. The summed E-state index contributed by atoms with van der Waals surface area (Å²) < 4.78 is 0. The van der Waals surface area contributed by atoms with Crippen molar-refractivity contribution in [3.05, 3.63) is 12.2 Å². The number of hydrogen-bond donors (Lipinski definition) is 0. The van der Waals surface area contributed by atoms with Gasteiger partial charge in [0.25, 0.3) is 0 Å². The van der Waals surface area contributed by atoms with Crippen molar-refractivity contribution in [1.82, 2.24) is 0 Å². The Kier molecular flexibility index (Phi) is 9.27. The fourth-order valence-electron chi connectivity index (χ4n) is 1.77. The zero-order valence-electron chi connectivity index (χ0n) is 11.4. The molecule has 0 aromatic rings. The molecule has 0 aliphatic heterocycles. The van der Waals surface area contributed by atoms with Crippen LogP contribution in [0.1, 0.15) is 59.8 Å². The van der Waals surface area contributed by atoms with E-state index in [0.29, 0.717) is 12.3 Å². The molecule has 0 rings (SSSR count). The molecule has 0 aliphatic carbocycles. The second kappa shape index (κ2) is 9.62. The lowest BCUT2D eigenvalue weighted by Gasteiger charge is -2.10. The average Bonchev–Trinajstić information content (AvgIpc) is 2.17. The van der Waals surface area contributed by atoms with Crippen molar-refractivity contribution < 1.29 is 4.79 Å². The Labute approximate surface area is 101 Å². The zero-order chi connectivity index (χ0) is 12.4. The van der Waals surface area contributed by atoms with E-state index in [-0.39, 0.29) is 0 Å². The molecule has 0 amide bonds. The summed E-state index contributed by atoms with van der Waals surface area (Å²) in [6.07, 6.45) is 11.2. The number of carbonyl (C=O) groups excluding carboxylic acids is 1. The van der Waals surface area contributed by atoms with E-state index in [4.69, 9.17) is 0 Å². The normalized spacial score (nSPS) is 15.6. The van der Waals surface area contributed by atoms with Crippen molar-refractivity contribution in [2.45, 2.75) is 59.8 Å². The monoisotopic (exact) mass is 224 g/mol. The largest absolute Gasteiger partial charge is 0.303 e. The molecule has 0 saturated heterocycles. The molecule has 0 N–H and O–H groups in total. The minimum Gasteiger partial charge on any atom is -0.303 e. The van der Waals surface area contributed by atoms with Gasteiger partial charge in [-0.25, -0.2) is 0 Å². The van der Waals surface area contributed by atoms with Crippen LogP contribution in [0.15, 0.2) is 12.2 Å². The molecule has 0 aromatic heterocycles. The van der Waals surface area contributed by atoms with Crippen LogP contribution in [0.2, 0.25) is 0 Å². The molecule has 1 nitrogen and oxygen atoms in total. The molecule has 16 heavy (non-hydrogen) atoms. The minimum atomic E-state index is 0.403. The Morgan fingerprint density at radius 2 is 1.69 bits per heavy atom. The van der Waals surface area contributed by atoms with E-state index in [1.54, 1.807) is 0 Å². The van der Waals surface area contributed by atoms with Gasteiger partial charge in [-0.15, -0.1) is 0 Å². The molecule has 2 unspecified atom stereocenters. The standard InChI is InChI=1S/C15H28O/c1-13(2)7-5-8-14(3)9-6-10-15(4)11-12-16/h6,10,12-15H,5,7-9,11H2,1-4H3. The maximum Gasteiger partial charge on any atom is 0.120 e. The quantitative estimate of drug-likeness (QED) is 0.412. The zero-order valence-corrected chi connectivity index (χ0v) is 11.4. The lowest BCUT2D eigenvalue weighted by Crippen LogP contribution is -1.96. The van der Waals surface area contributed by atoms with Gasteiger partial charge in [0.05, 0.1) is 0 Å². The molecule has 1 heteroatoms. The molecule has 0 radical (unpaired) electrons. The highest BCUT2D eigenvalue weighted by molar-refractivity contribution is 5.50. The van der Waals surface area contributed by atoms with E-state index in [2.05, 4.69) is 39.8 Å². The van der Waals surface area contributed by atoms with Crippen molar-refractivity contribution in [2.24, 2.45) is 17.8 Å². The Bertz CT molecular complexity index is 194. The van der Waals surface area contributed by atoms with E-state index in [1.165, 1.54) is 19.3 Å². The SMILES string of the molecule is CC(C)CCCC(C)CC=CC(C)CC=O. The number of rotatable bonds is 9. The summed E-state index contributed by atoms with van der Waals surface area (Å²) in [7, 11) is 0. The number of hydrogen-bond acceptors (Lipinski definition) is 1. The Morgan fingerprint density at radius 3 is 2.25 bits per heavy atom. The van der Waals surface area contributed by atoms with Crippen LogP contribution in [-0.2, 0) is 4.79 Å². The molecular weight excluding hydrogens is 196 g/mol. The van der Waals surface area contributed by atoms with Gasteiger partial charge in [0.1, 0.15) is 6.29 Å². The van der Waals surface area contributed by atoms with Crippen molar-refractivity contribution in [2.75, 3.05) is 0 Å². The van der Waals surface area contributed by atoms with Crippen LogP contribution in [0.25, 0.3) is 0 Å². The van der Waals surface area contributed by atoms with Gasteiger partial charge in [-0.3, -0.25) is 0 Å². The maximum atomic E-state index is 10.3. The molecule has 0 aromatic carbocycles. The van der Waals surface area contributed by atoms with E-state index in [9.17, 15) is 4.79 Å². The molecule has 2 atom stereocenters. The number of carbonyl (C=O) groups is 1. The van der Waals surface area contributed by atoms with Gasteiger partial charge in [0.15, 0.2) is 0 Å². The minimum absolute atomic E-state index is 0.403. The summed E-state index contributed by atoms with van der Waals surface area (Å²) in [5.74, 6) is 2.01. The fraction of sp³-hybridized carbons (Fsp3) is 0.800. The molecule has 0 fully saturated rings. The lowest BCUT2D eigenvalue weighted by atomic mass is 9.96. The first-order valence-corrected chi connectivity index (χ1v) is 6.66.